The molecule has 0 aliphatic carbocycles. The average molecular weight is 492 g/mol. The lowest BCUT2D eigenvalue weighted by molar-refractivity contribution is 0.0947. The number of nitrogen functional groups attached to an aromatic ring is 1. The molecule has 0 atom stereocenters. The highest BCUT2D eigenvalue weighted by atomic mass is 35.5. The van der Waals surface area contributed by atoms with Crippen LogP contribution in [0, 0.1) is 6.92 Å². The van der Waals surface area contributed by atoms with E-state index in [9.17, 15) is 9.59 Å². The van der Waals surface area contributed by atoms with E-state index in [1.54, 1.807) is 33.8 Å². The van der Waals surface area contributed by atoms with Crippen LogP contribution in [0.1, 0.15) is 27.0 Å². The Morgan fingerprint density at radius 3 is 2.54 bits per heavy atom. The van der Waals surface area contributed by atoms with Gasteiger partial charge in [0.1, 0.15) is 17.9 Å². The molecule has 35 heavy (non-hydrogen) atoms. The van der Waals surface area contributed by atoms with Gasteiger partial charge in [-0.3, -0.25) is 14.3 Å². The summed E-state index contributed by atoms with van der Waals surface area (Å²) in [7, 11) is 0. The van der Waals surface area contributed by atoms with Gasteiger partial charge in [0.25, 0.3) is 11.5 Å². The largest absolute Gasteiger partial charge is 0.492 e. The highest BCUT2D eigenvalue weighted by Gasteiger charge is 2.14. The highest BCUT2D eigenvalue weighted by Crippen LogP contribution is 2.21. The van der Waals surface area contributed by atoms with Crippen LogP contribution in [0.3, 0.4) is 0 Å². The Morgan fingerprint density at radius 2 is 1.83 bits per heavy atom. The molecule has 2 aromatic heterocycles. The minimum absolute atomic E-state index is 0.0412. The average Bonchev–Trinajstić information content (AvgIpc) is 3.21. The number of halogens is 1. The number of benzene rings is 2. The molecule has 0 saturated heterocycles. The predicted molar refractivity (Wildman–Crippen MR) is 136 cm³/mol. The van der Waals surface area contributed by atoms with Gasteiger partial charge in [-0.2, -0.15) is 5.10 Å². The van der Waals surface area contributed by atoms with E-state index in [2.05, 4.69) is 10.4 Å². The second-order valence-electron chi connectivity index (χ2n) is 8.12. The molecule has 0 radical (unpaired) electrons. The minimum atomic E-state index is -0.317. The van der Waals surface area contributed by atoms with Gasteiger partial charge in [0, 0.05) is 23.5 Å². The molecule has 3 N–H and O–H groups in total. The maximum Gasteiger partial charge on any atom is 0.256 e. The molecule has 4 aromatic rings. The molecular formula is C26H26ClN5O3. The van der Waals surface area contributed by atoms with Crippen molar-refractivity contribution in [2.75, 3.05) is 18.9 Å². The number of aryl methyl sites for hydroxylation is 1. The summed E-state index contributed by atoms with van der Waals surface area (Å²) in [5, 5.41) is 7.69. The lowest BCUT2D eigenvalue weighted by atomic mass is 10.1. The van der Waals surface area contributed by atoms with Gasteiger partial charge >= 0.3 is 0 Å². The van der Waals surface area contributed by atoms with Gasteiger partial charge in [-0.25, -0.2) is 0 Å². The van der Waals surface area contributed by atoms with Gasteiger partial charge in [-0.15, -0.1) is 0 Å². The first-order valence-electron chi connectivity index (χ1n) is 11.1. The van der Waals surface area contributed by atoms with Crippen molar-refractivity contribution >= 4 is 23.3 Å². The summed E-state index contributed by atoms with van der Waals surface area (Å²) in [6, 6.07) is 18.4. The Balaban J connectivity index is 1.29. The third kappa shape index (κ3) is 6.30. The molecule has 0 bridgehead atoms. The van der Waals surface area contributed by atoms with E-state index in [1.165, 1.54) is 6.07 Å². The van der Waals surface area contributed by atoms with Crippen LogP contribution in [-0.2, 0) is 13.1 Å². The number of carbonyl (C=O) groups excluding carboxylic acids is 1. The molecule has 4 rings (SSSR count). The fourth-order valence-electron chi connectivity index (χ4n) is 3.51. The number of nitrogens with two attached hydrogens (primary N) is 1. The Hall–Kier alpha value is -4.04. The van der Waals surface area contributed by atoms with Gasteiger partial charge < -0.3 is 20.4 Å². The Bertz CT molecular complexity index is 1380. The number of pyridine rings is 1. The van der Waals surface area contributed by atoms with Crippen molar-refractivity contribution in [1.82, 2.24) is 19.7 Å². The molecule has 0 fully saturated rings. The van der Waals surface area contributed by atoms with E-state index in [-0.39, 0.29) is 17.3 Å². The molecule has 0 aliphatic heterocycles. The summed E-state index contributed by atoms with van der Waals surface area (Å²) < 4.78 is 8.90. The lowest BCUT2D eigenvalue weighted by Crippen LogP contribution is -2.28. The molecule has 9 heteroatoms. The molecular weight excluding hydrogens is 466 g/mol. The molecule has 1 amide bonds. The zero-order valence-electron chi connectivity index (χ0n) is 19.3. The molecule has 180 valence electrons. The highest BCUT2D eigenvalue weighted by molar-refractivity contribution is 6.31. The maximum atomic E-state index is 12.5. The first-order valence-corrected chi connectivity index (χ1v) is 11.5. The topological polar surface area (TPSA) is 104 Å². The summed E-state index contributed by atoms with van der Waals surface area (Å²) in [4.78, 5) is 24.4. The van der Waals surface area contributed by atoms with Crippen LogP contribution >= 0.6 is 11.6 Å². The van der Waals surface area contributed by atoms with E-state index < -0.39 is 0 Å². The second kappa shape index (κ2) is 10.9. The van der Waals surface area contributed by atoms with Crippen molar-refractivity contribution in [3.05, 3.63) is 111 Å². The van der Waals surface area contributed by atoms with Crippen molar-refractivity contribution in [2.24, 2.45) is 0 Å². The maximum absolute atomic E-state index is 12.5. The summed E-state index contributed by atoms with van der Waals surface area (Å²) in [6.07, 6.45) is 3.39. The first kappa shape index (κ1) is 24.1. The van der Waals surface area contributed by atoms with Crippen LogP contribution in [0.15, 0.2) is 77.9 Å². The third-order valence-corrected chi connectivity index (χ3v) is 5.86. The van der Waals surface area contributed by atoms with Crippen LogP contribution in [0.2, 0.25) is 5.02 Å². The minimum Gasteiger partial charge on any atom is -0.492 e. The van der Waals surface area contributed by atoms with Crippen molar-refractivity contribution in [3.63, 3.8) is 0 Å². The fourth-order valence-corrected chi connectivity index (χ4v) is 3.68. The normalized spacial score (nSPS) is 10.8. The van der Waals surface area contributed by atoms with Crippen molar-refractivity contribution in [2.45, 2.75) is 20.0 Å². The smallest absolute Gasteiger partial charge is 0.256 e. The van der Waals surface area contributed by atoms with Gasteiger partial charge in [0.05, 0.1) is 19.6 Å². The van der Waals surface area contributed by atoms with Crippen LogP contribution in [0.5, 0.6) is 5.75 Å². The number of nitrogens with zero attached hydrogens (tertiary/aromatic N) is 3. The third-order valence-electron chi connectivity index (χ3n) is 5.45. The van der Waals surface area contributed by atoms with Crippen molar-refractivity contribution < 1.29 is 9.53 Å². The van der Waals surface area contributed by atoms with Crippen molar-refractivity contribution in [3.8, 4) is 5.75 Å². The lowest BCUT2D eigenvalue weighted by Gasteiger charge is -2.08. The Kier molecular flexibility index (Phi) is 7.52. The van der Waals surface area contributed by atoms with Crippen LogP contribution < -0.4 is 21.3 Å². The van der Waals surface area contributed by atoms with E-state index >= 15 is 0 Å². The molecule has 2 aromatic carbocycles. The van der Waals surface area contributed by atoms with Gasteiger partial charge in [0.2, 0.25) is 0 Å². The SMILES string of the molecule is Cc1ccc(OCCNC(=O)c2cn(Cc3ccc(Cn4ccccc4=O)cc3)nc2N)cc1Cl. The summed E-state index contributed by atoms with van der Waals surface area (Å²) in [5.41, 5.74) is 9.22. The molecule has 0 saturated carbocycles. The van der Waals surface area contributed by atoms with E-state index in [0.29, 0.717) is 42.6 Å². The summed E-state index contributed by atoms with van der Waals surface area (Å²) in [6.45, 7) is 3.48. The number of rotatable bonds is 9. The molecule has 0 aliphatic rings. The summed E-state index contributed by atoms with van der Waals surface area (Å²) >= 11 is 6.10. The second-order valence-corrected chi connectivity index (χ2v) is 8.53. The number of carbonyl (C=O) groups is 1. The first-order chi connectivity index (χ1) is 16.9. The fraction of sp³-hybridized carbons (Fsp3) is 0.192. The Labute approximate surface area is 207 Å². The monoisotopic (exact) mass is 491 g/mol. The zero-order chi connectivity index (χ0) is 24.8. The number of hydrogen-bond acceptors (Lipinski definition) is 5. The molecule has 0 spiro atoms. The van der Waals surface area contributed by atoms with E-state index in [0.717, 1.165) is 16.7 Å². The standard InChI is InChI=1S/C26H26ClN5O3/c1-18-5-10-21(14-23(18)27)35-13-11-29-26(34)22-17-32(30-25(22)28)16-20-8-6-19(7-9-20)15-31-12-3-2-4-24(31)33/h2-10,12,14,17H,11,13,15-16H2,1H3,(H2,28,30)(H,29,34). The number of amides is 1. The summed E-state index contributed by atoms with van der Waals surface area (Å²) in [5.74, 6) is 0.487. The van der Waals surface area contributed by atoms with Crippen LogP contribution in [0.25, 0.3) is 0 Å². The number of anilines is 1. The number of nitrogens with one attached hydrogen (secondary N) is 1. The number of hydrogen-bond donors (Lipinski definition) is 2. The number of ether oxygens (including phenoxy) is 1. The molecule has 8 nitrogen and oxygen atoms in total. The van der Waals surface area contributed by atoms with E-state index in [1.807, 2.05) is 49.4 Å². The van der Waals surface area contributed by atoms with Gasteiger partial charge in [0.15, 0.2) is 5.82 Å². The van der Waals surface area contributed by atoms with Crippen molar-refractivity contribution in [1.29, 1.82) is 0 Å². The van der Waals surface area contributed by atoms with Gasteiger partial charge in [-0.05, 0) is 41.8 Å². The van der Waals surface area contributed by atoms with E-state index in [4.69, 9.17) is 22.1 Å². The van der Waals surface area contributed by atoms with Crippen LogP contribution in [-0.4, -0.2) is 33.4 Å². The Morgan fingerprint density at radius 1 is 1.09 bits per heavy atom. The van der Waals surface area contributed by atoms with Crippen LogP contribution in [0.4, 0.5) is 5.82 Å². The quantitative estimate of drug-likeness (QED) is 0.349. The van der Waals surface area contributed by atoms with Gasteiger partial charge in [-0.1, -0.05) is 48.0 Å². The number of aromatic nitrogens is 3. The molecule has 0 unspecified atom stereocenters. The predicted octanol–water partition coefficient (Wildman–Crippen LogP) is 3.49. The molecule has 2 heterocycles. The zero-order valence-corrected chi connectivity index (χ0v) is 20.0.